The first-order valence-electron chi connectivity index (χ1n) is 8.33. The second-order valence-electron chi connectivity index (χ2n) is 6.79. The Morgan fingerprint density at radius 2 is 0.962 bits per heavy atom. The lowest BCUT2D eigenvalue weighted by Crippen LogP contribution is -2.35. The molecule has 0 saturated carbocycles. The Hall–Kier alpha value is -2.90. The van der Waals surface area contributed by atoms with Crippen LogP contribution in [-0.4, -0.2) is 97.9 Å². The molecule has 0 saturated heterocycles. The van der Waals surface area contributed by atoms with E-state index in [1.165, 1.54) is 0 Å². The lowest BCUT2D eigenvalue weighted by molar-refractivity contribution is 0.484. The molecule has 0 aliphatic heterocycles. The standard InChI is InChI=1S/C18H28N8/c1-23(2)17(24(3)4)21-14-11-9-13-10-12-15(20-16(13)19-14)22-18(25(5)6)26(7)8/h9-12H,1-8H3. The predicted molar refractivity (Wildman–Crippen MR) is 108 cm³/mol. The molecule has 2 aromatic rings. The molecular weight excluding hydrogens is 328 g/mol. The van der Waals surface area contributed by atoms with Crippen LogP contribution in [0.1, 0.15) is 0 Å². The summed E-state index contributed by atoms with van der Waals surface area (Å²) >= 11 is 0. The van der Waals surface area contributed by atoms with Gasteiger partial charge in [-0.2, -0.15) is 9.98 Å². The van der Waals surface area contributed by atoms with Crippen molar-refractivity contribution in [3.63, 3.8) is 0 Å². The fraction of sp³-hybridized carbons (Fsp3) is 0.444. The average molecular weight is 356 g/mol. The molecule has 0 bridgehead atoms. The van der Waals surface area contributed by atoms with Crippen molar-refractivity contribution in [1.82, 2.24) is 29.6 Å². The Kier molecular flexibility index (Phi) is 5.97. The topological polar surface area (TPSA) is 63.5 Å². The maximum atomic E-state index is 4.62. The second kappa shape index (κ2) is 7.99. The van der Waals surface area contributed by atoms with E-state index in [2.05, 4.69) is 20.0 Å². The molecule has 8 heteroatoms. The van der Waals surface area contributed by atoms with Crippen molar-refractivity contribution < 1.29 is 0 Å². The number of aliphatic imine (C=N–C) groups is 2. The van der Waals surface area contributed by atoms with Crippen LogP contribution in [0.3, 0.4) is 0 Å². The third-order valence-electron chi connectivity index (χ3n) is 3.55. The zero-order valence-electron chi connectivity index (χ0n) is 16.9. The van der Waals surface area contributed by atoms with Crippen LogP contribution in [0, 0.1) is 0 Å². The molecule has 0 aliphatic carbocycles. The smallest absolute Gasteiger partial charge is 0.202 e. The van der Waals surface area contributed by atoms with E-state index in [0.29, 0.717) is 17.3 Å². The van der Waals surface area contributed by atoms with Crippen LogP contribution >= 0.6 is 0 Å². The minimum absolute atomic E-state index is 0.615. The molecule has 0 amide bonds. The van der Waals surface area contributed by atoms with Crippen LogP contribution in [-0.2, 0) is 0 Å². The van der Waals surface area contributed by atoms with Gasteiger partial charge < -0.3 is 19.6 Å². The van der Waals surface area contributed by atoms with E-state index in [1.54, 1.807) is 0 Å². The van der Waals surface area contributed by atoms with Crippen molar-refractivity contribution in [3.8, 4) is 0 Å². The van der Waals surface area contributed by atoms with Crippen LogP contribution in [0.5, 0.6) is 0 Å². The quantitative estimate of drug-likeness (QED) is 0.604. The third kappa shape index (κ3) is 4.59. The molecular formula is C18H28N8. The van der Waals surface area contributed by atoms with E-state index in [0.717, 1.165) is 17.3 Å². The van der Waals surface area contributed by atoms with Gasteiger partial charge in [0, 0.05) is 61.8 Å². The summed E-state index contributed by atoms with van der Waals surface area (Å²) in [5.41, 5.74) is 0.626. The monoisotopic (exact) mass is 356 g/mol. The number of rotatable bonds is 2. The molecule has 26 heavy (non-hydrogen) atoms. The molecule has 0 aliphatic rings. The van der Waals surface area contributed by atoms with Gasteiger partial charge in [0.2, 0.25) is 11.9 Å². The van der Waals surface area contributed by atoms with Gasteiger partial charge in [-0.3, -0.25) is 0 Å². The second-order valence-corrected chi connectivity index (χ2v) is 6.79. The van der Waals surface area contributed by atoms with Crippen LogP contribution < -0.4 is 0 Å². The highest BCUT2D eigenvalue weighted by Gasteiger charge is 2.08. The van der Waals surface area contributed by atoms with Gasteiger partial charge in [-0.25, -0.2) is 9.97 Å². The Morgan fingerprint density at radius 1 is 0.615 bits per heavy atom. The fourth-order valence-electron chi connectivity index (χ4n) is 2.51. The Labute approximate surface area is 155 Å². The fourth-order valence-corrected chi connectivity index (χ4v) is 2.51. The van der Waals surface area contributed by atoms with Gasteiger partial charge in [0.05, 0.1) is 0 Å². The van der Waals surface area contributed by atoms with Crippen molar-refractivity contribution in [1.29, 1.82) is 0 Å². The zero-order valence-corrected chi connectivity index (χ0v) is 16.9. The summed E-state index contributed by atoms with van der Waals surface area (Å²) in [5, 5.41) is 0.954. The van der Waals surface area contributed by atoms with Crippen molar-refractivity contribution in [2.45, 2.75) is 0 Å². The lowest BCUT2D eigenvalue weighted by atomic mass is 10.3. The van der Waals surface area contributed by atoms with Gasteiger partial charge in [-0.15, -0.1) is 0 Å². The highest BCUT2D eigenvalue weighted by atomic mass is 15.3. The van der Waals surface area contributed by atoms with Crippen molar-refractivity contribution in [2.24, 2.45) is 9.98 Å². The number of hydrogen-bond donors (Lipinski definition) is 0. The molecule has 0 N–H and O–H groups in total. The van der Waals surface area contributed by atoms with E-state index in [1.807, 2.05) is 100 Å². The maximum Gasteiger partial charge on any atom is 0.202 e. The van der Waals surface area contributed by atoms with Crippen molar-refractivity contribution >= 4 is 34.6 Å². The number of nitrogens with zero attached hydrogens (tertiary/aromatic N) is 8. The molecule has 140 valence electrons. The Balaban J connectivity index is 2.48. The molecule has 0 unspecified atom stereocenters. The summed E-state index contributed by atoms with van der Waals surface area (Å²) in [7, 11) is 15.6. The number of hydrogen-bond acceptors (Lipinski definition) is 4. The Bertz CT molecular complexity index is 736. The van der Waals surface area contributed by atoms with E-state index < -0.39 is 0 Å². The number of guanidine groups is 2. The van der Waals surface area contributed by atoms with Crippen LogP contribution in [0.2, 0.25) is 0 Å². The highest BCUT2D eigenvalue weighted by molar-refractivity contribution is 5.84. The molecule has 0 fully saturated rings. The van der Waals surface area contributed by atoms with Crippen molar-refractivity contribution in [3.05, 3.63) is 24.3 Å². The highest BCUT2D eigenvalue weighted by Crippen LogP contribution is 2.20. The first kappa shape index (κ1) is 19.4. The first-order valence-corrected chi connectivity index (χ1v) is 8.33. The number of aromatic nitrogens is 2. The zero-order chi connectivity index (χ0) is 19.4. The lowest BCUT2D eigenvalue weighted by Gasteiger charge is -2.22. The van der Waals surface area contributed by atoms with Gasteiger partial charge in [-0.05, 0) is 24.3 Å². The first-order chi connectivity index (χ1) is 12.2. The summed E-state index contributed by atoms with van der Waals surface area (Å²) in [6.07, 6.45) is 0. The Morgan fingerprint density at radius 3 is 1.27 bits per heavy atom. The van der Waals surface area contributed by atoms with E-state index in [-0.39, 0.29) is 0 Å². The summed E-state index contributed by atoms with van der Waals surface area (Å²) in [5.74, 6) is 2.86. The van der Waals surface area contributed by atoms with E-state index in [4.69, 9.17) is 0 Å². The summed E-state index contributed by atoms with van der Waals surface area (Å²) in [6, 6.07) is 7.74. The van der Waals surface area contributed by atoms with E-state index in [9.17, 15) is 0 Å². The van der Waals surface area contributed by atoms with Crippen LogP contribution in [0.25, 0.3) is 11.0 Å². The van der Waals surface area contributed by atoms with Crippen LogP contribution in [0.15, 0.2) is 34.3 Å². The molecule has 0 aromatic carbocycles. The molecule has 2 heterocycles. The van der Waals surface area contributed by atoms with Gasteiger partial charge in [0.15, 0.2) is 17.3 Å². The SMILES string of the molecule is CN(C)C(=Nc1ccc2ccc(N=C(N(C)C)N(C)C)nc2n1)N(C)C. The summed E-state index contributed by atoms with van der Waals surface area (Å²) in [6.45, 7) is 0. The summed E-state index contributed by atoms with van der Waals surface area (Å²) < 4.78 is 0. The van der Waals surface area contributed by atoms with Gasteiger partial charge in [0.25, 0.3) is 0 Å². The van der Waals surface area contributed by atoms with Gasteiger partial charge in [-0.1, -0.05) is 0 Å². The summed E-state index contributed by atoms with van der Waals surface area (Å²) in [4.78, 5) is 26.2. The molecule has 2 rings (SSSR count). The molecule has 0 atom stereocenters. The van der Waals surface area contributed by atoms with Crippen molar-refractivity contribution in [2.75, 3.05) is 56.4 Å². The molecule has 0 spiro atoms. The molecule has 8 nitrogen and oxygen atoms in total. The largest absolute Gasteiger partial charge is 0.349 e. The minimum Gasteiger partial charge on any atom is -0.349 e. The normalized spacial score (nSPS) is 10.3. The number of fused-ring (bicyclic) bond motifs is 1. The third-order valence-corrected chi connectivity index (χ3v) is 3.55. The van der Waals surface area contributed by atoms with Crippen LogP contribution in [0.4, 0.5) is 11.6 Å². The minimum atomic E-state index is 0.615. The maximum absolute atomic E-state index is 4.62. The van der Waals surface area contributed by atoms with E-state index >= 15 is 0 Å². The van der Waals surface area contributed by atoms with Gasteiger partial charge in [0.1, 0.15) is 0 Å². The average Bonchev–Trinajstić information content (AvgIpc) is 2.55. The number of pyridine rings is 2. The molecule has 0 radical (unpaired) electrons. The predicted octanol–water partition coefficient (Wildman–Crippen LogP) is 1.85. The van der Waals surface area contributed by atoms with Gasteiger partial charge >= 0.3 is 0 Å². The molecule has 2 aromatic heterocycles.